The first-order valence-electron chi connectivity index (χ1n) is 10.2. The van der Waals surface area contributed by atoms with E-state index in [1.54, 1.807) is 7.11 Å². The Bertz CT molecular complexity index is 703. The summed E-state index contributed by atoms with van der Waals surface area (Å²) in [6.45, 7) is 0. The highest BCUT2D eigenvalue weighted by atomic mass is 19.1. The normalized spacial score (nSPS) is 40.2. The topological polar surface area (TPSA) is 38.3 Å². The quantitative estimate of drug-likeness (QED) is 0.893. The molecule has 4 heteroatoms. The Labute approximate surface area is 154 Å². The van der Waals surface area contributed by atoms with E-state index in [9.17, 15) is 9.18 Å². The minimum atomic E-state index is -0.936. The lowest BCUT2D eigenvalue weighted by molar-refractivity contribution is -0.133. The fourth-order valence-electron chi connectivity index (χ4n) is 6.61. The Morgan fingerprint density at radius 1 is 1.23 bits per heavy atom. The SMILES string of the molecule is COc1cccc2c1CC(C(=O)N[C@H]1[C@@H]3CC4C[C@H]1C[C@](F)(C4)C3)CC2. The zero-order chi connectivity index (χ0) is 17.9. The number of alkyl halides is 1. The van der Waals surface area contributed by atoms with E-state index in [2.05, 4.69) is 11.4 Å². The maximum Gasteiger partial charge on any atom is 0.223 e. The molecule has 140 valence electrons. The third-order valence-electron chi connectivity index (χ3n) is 7.54. The summed E-state index contributed by atoms with van der Waals surface area (Å²) >= 11 is 0. The molecule has 0 aliphatic heterocycles. The zero-order valence-corrected chi connectivity index (χ0v) is 15.5. The highest BCUT2D eigenvalue weighted by Crippen LogP contribution is 2.57. The van der Waals surface area contributed by atoms with Gasteiger partial charge in [-0.25, -0.2) is 4.39 Å². The number of carbonyl (C=O) groups excluding carboxylic acids is 1. The summed E-state index contributed by atoms with van der Waals surface area (Å²) in [4.78, 5) is 13.0. The number of rotatable bonds is 3. The summed E-state index contributed by atoms with van der Waals surface area (Å²) in [7, 11) is 1.70. The number of nitrogens with one attached hydrogen (secondary N) is 1. The van der Waals surface area contributed by atoms with E-state index in [-0.39, 0.29) is 17.9 Å². The van der Waals surface area contributed by atoms with Crippen molar-refractivity contribution in [2.24, 2.45) is 23.7 Å². The number of fused-ring (bicyclic) bond motifs is 1. The van der Waals surface area contributed by atoms with Gasteiger partial charge in [-0.3, -0.25) is 4.79 Å². The number of benzene rings is 1. The Morgan fingerprint density at radius 3 is 2.69 bits per heavy atom. The lowest BCUT2D eigenvalue weighted by Crippen LogP contribution is -2.61. The standard InChI is InChI=1S/C22H28FNO2/c1-26-19-4-2-3-14-5-6-15(9-18(14)19)21(25)24-20-16-7-13-8-17(20)12-22(23,10-13)11-16/h2-4,13,15-17,20H,5-12H2,1H3,(H,24,25)/t13?,15?,16-,17+,20+,22+. The van der Waals surface area contributed by atoms with Crippen molar-refractivity contribution in [2.45, 2.75) is 63.1 Å². The highest BCUT2D eigenvalue weighted by Gasteiger charge is 2.56. The van der Waals surface area contributed by atoms with E-state index in [0.717, 1.165) is 44.3 Å². The second kappa shape index (κ2) is 5.97. The maximum atomic E-state index is 14.9. The van der Waals surface area contributed by atoms with E-state index in [4.69, 9.17) is 4.74 Å². The van der Waals surface area contributed by atoms with Gasteiger partial charge in [0.1, 0.15) is 11.4 Å². The van der Waals surface area contributed by atoms with Gasteiger partial charge in [0.15, 0.2) is 0 Å². The molecule has 4 bridgehead atoms. The summed E-state index contributed by atoms with van der Waals surface area (Å²) in [5, 5.41) is 3.37. The van der Waals surface area contributed by atoms with Crippen molar-refractivity contribution in [2.75, 3.05) is 7.11 Å². The van der Waals surface area contributed by atoms with Gasteiger partial charge in [-0.2, -0.15) is 0 Å². The minimum absolute atomic E-state index is 0.00956. The molecule has 5 aliphatic carbocycles. The molecule has 6 rings (SSSR count). The largest absolute Gasteiger partial charge is 0.496 e. The smallest absolute Gasteiger partial charge is 0.223 e. The third-order valence-corrected chi connectivity index (χ3v) is 7.54. The molecule has 0 saturated heterocycles. The van der Waals surface area contributed by atoms with E-state index in [1.807, 2.05) is 12.1 Å². The first kappa shape index (κ1) is 16.6. The van der Waals surface area contributed by atoms with Crippen LogP contribution in [0.25, 0.3) is 0 Å². The van der Waals surface area contributed by atoms with Gasteiger partial charge in [-0.1, -0.05) is 12.1 Å². The van der Waals surface area contributed by atoms with Gasteiger partial charge in [0.25, 0.3) is 0 Å². The molecular weight excluding hydrogens is 329 g/mol. The molecular formula is C22H28FNO2. The van der Waals surface area contributed by atoms with Crippen LogP contribution in [0.5, 0.6) is 5.75 Å². The van der Waals surface area contributed by atoms with E-state index < -0.39 is 5.67 Å². The molecule has 0 spiro atoms. The number of amides is 1. The molecule has 26 heavy (non-hydrogen) atoms. The molecule has 0 aromatic heterocycles. The molecule has 1 amide bonds. The van der Waals surface area contributed by atoms with Crippen molar-refractivity contribution in [3.63, 3.8) is 0 Å². The summed E-state index contributed by atoms with van der Waals surface area (Å²) in [5.74, 6) is 2.33. The van der Waals surface area contributed by atoms with Crippen LogP contribution in [0.1, 0.15) is 49.7 Å². The lowest BCUT2D eigenvalue weighted by atomic mass is 9.53. The molecule has 0 radical (unpaired) electrons. The number of hydrogen-bond donors (Lipinski definition) is 1. The molecule has 4 saturated carbocycles. The average Bonchev–Trinajstić information content (AvgIpc) is 2.62. The summed E-state index contributed by atoms with van der Waals surface area (Å²) < 4.78 is 20.4. The van der Waals surface area contributed by atoms with Crippen molar-refractivity contribution in [3.8, 4) is 5.75 Å². The molecule has 1 aromatic carbocycles. The molecule has 5 aliphatic rings. The average molecular weight is 357 g/mol. The van der Waals surface area contributed by atoms with E-state index in [0.29, 0.717) is 30.6 Å². The number of ether oxygens (including phenoxy) is 1. The predicted molar refractivity (Wildman–Crippen MR) is 97.8 cm³/mol. The highest BCUT2D eigenvalue weighted by molar-refractivity contribution is 5.80. The Balaban J connectivity index is 1.30. The van der Waals surface area contributed by atoms with E-state index >= 15 is 0 Å². The van der Waals surface area contributed by atoms with Crippen LogP contribution in [0.2, 0.25) is 0 Å². The van der Waals surface area contributed by atoms with Crippen LogP contribution in [-0.4, -0.2) is 24.7 Å². The number of aryl methyl sites for hydroxylation is 1. The van der Waals surface area contributed by atoms with Gasteiger partial charge < -0.3 is 10.1 Å². The number of halogens is 1. The first-order valence-corrected chi connectivity index (χ1v) is 10.2. The molecule has 3 nitrogen and oxygen atoms in total. The number of hydrogen-bond acceptors (Lipinski definition) is 2. The van der Waals surface area contributed by atoms with Crippen molar-refractivity contribution in [1.82, 2.24) is 5.32 Å². The van der Waals surface area contributed by atoms with Gasteiger partial charge in [0.2, 0.25) is 5.91 Å². The van der Waals surface area contributed by atoms with Crippen LogP contribution in [0.3, 0.4) is 0 Å². The van der Waals surface area contributed by atoms with Gasteiger partial charge in [0, 0.05) is 12.0 Å². The van der Waals surface area contributed by atoms with Crippen LogP contribution in [0, 0.1) is 23.7 Å². The van der Waals surface area contributed by atoms with Crippen molar-refractivity contribution < 1.29 is 13.9 Å². The molecule has 1 N–H and O–H groups in total. The second-order valence-electron chi connectivity index (χ2n) is 9.19. The Kier molecular flexibility index (Phi) is 3.81. The number of methoxy groups -OCH3 is 1. The van der Waals surface area contributed by atoms with Crippen LogP contribution in [0.4, 0.5) is 4.39 Å². The van der Waals surface area contributed by atoms with Gasteiger partial charge in [-0.15, -0.1) is 0 Å². The summed E-state index contributed by atoms with van der Waals surface area (Å²) in [6.07, 6.45) is 6.87. The summed E-state index contributed by atoms with van der Waals surface area (Å²) in [6, 6.07) is 6.35. The molecule has 4 fully saturated rings. The van der Waals surface area contributed by atoms with Gasteiger partial charge in [-0.05, 0) is 86.3 Å². The van der Waals surface area contributed by atoms with Crippen molar-refractivity contribution in [3.05, 3.63) is 29.3 Å². The van der Waals surface area contributed by atoms with Gasteiger partial charge >= 0.3 is 0 Å². The monoisotopic (exact) mass is 357 g/mol. The van der Waals surface area contributed by atoms with Crippen LogP contribution >= 0.6 is 0 Å². The van der Waals surface area contributed by atoms with Crippen molar-refractivity contribution >= 4 is 5.91 Å². The fraction of sp³-hybridized carbons (Fsp3) is 0.682. The minimum Gasteiger partial charge on any atom is -0.496 e. The first-order chi connectivity index (χ1) is 12.5. The molecule has 1 aromatic rings. The fourth-order valence-corrected chi connectivity index (χ4v) is 6.61. The van der Waals surface area contributed by atoms with Crippen LogP contribution in [0.15, 0.2) is 18.2 Å². The lowest BCUT2D eigenvalue weighted by Gasteiger charge is -2.57. The van der Waals surface area contributed by atoms with Crippen LogP contribution < -0.4 is 10.1 Å². The molecule has 2 unspecified atom stereocenters. The van der Waals surface area contributed by atoms with Gasteiger partial charge in [0.05, 0.1) is 7.11 Å². The number of carbonyl (C=O) groups is 1. The molecule has 0 heterocycles. The van der Waals surface area contributed by atoms with Crippen LogP contribution in [-0.2, 0) is 17.6 Å². The van der Waals surface area contributed by atoms with E-state index in [1.165, 1.54) is 11.1 Å². The maximum absolute atomic E-state index is 14.9. The Morgan fingerprint density at radius 2 is 2.00 bits per heavy atom. The Hall–Kier alpha value is -1.58. The predicted octanol–water partition coefficient (Wildman–Crippen LogP) is 3.83. The molecule has 6 atom stereocenters. The second-order valence-corrected chi connectivity index (χ2v) is 9.19. The summed E-state index contributed by atoms with van der Waals surface area (Å²) in [5.41, 5.74) is 1.56. The third kappa shape index (κ3) is 2.64. The zero-order valence-electron chi connectivity index (χ0n) is 15.5. The van der Waals surface area contributed by atoms with Crippen molar-refractivity contribution in [1.29, 1.82) is 0 Å².